The zero-order valence-corrected chi connectivity index (χ0v) is 37.7. The smallest absolute Gasteiger partial charge is 0.161 e. The van der Waals surface area contributed by atoms with E-state index in [9.17, 15) is 0 Å². The number of anilines is 2. The van der Waals surface area contributed by atoms with Crippen LogP contribution >= 0.6 is 0 Å². The molecule has 0 aliphatic carbocycles. The number of allylic oxidation sites excluding steroid dienone is 8. The average molecular weight is 819 g/mol. The summed E-state index contributed by atoms with van der Waals surface area (Å²) in [5.74, 6) is 2.10. The van der Waals surface area contributed by atoms with Crippen LogP contribution in [0.5, 0.6) is 11.5 Å². The summed E-state index contributed by atoms with van der Waals surface area (Å²) < 4.78 is 12.6. The van der Waals surface area contributed by atoms with Crippen molar-refractivity contribution in [3.8, 4) is 11.5 Å². The Balaban J connectivity index is 0.871. The maximum absolute atomic E-state index is 6.29. The van der Waals surface area contributed by atoms with E-state index in [2.05, 4.69) is 157 Å². The molecule has 0 atom stereocenters. The fraction of sp³-hybridized carbons (Fsp3) is 0.439. The largest absolute Gasteiger partial charge is 0.473 e. The van der Waals surface area contributed by atoms with E-state index < -0.39 is 0 Å². The highest BCUT2D eigenvalue weighted by molar-refractivity contribution is 5.54. The molecule has 0 unspecified atom stereocenters. The highest BCUT2D eigenvalue weighted by atomic mass is 16.5. The second-order valence-corrected chi connectivity index (χ2v) is 17.2. The van der Waals surface area contributed by atoms with Gasteiger partial charge in [0.25, 0.3) is 0 Å². The summed E-state index contributed by atoms with van der Waals surface area (Å²) in [4.78, 5) is 4.65. The minimum atomic E-state index is 0.582. The van der Waals surface area contributed by atoms with Gasteiger partial charge in [-0.25, -0.2) is 0 Å². The molecule has 0 spiro atoms. The predicted molar refractivity (Wildman–Crippen MR) is 261 cm³/mol. The quantitative estimate of drug-likeness (QED) is 0.0465. The summed E-state index contributed by atoms with van der Waals surface area (Å²) in [6.45, 7) is 7.43. The van der Waals surface area contributed by atoms with E-state index in [0.717, 1.165) is 43.9 Å². The van der Waals surface area contributed by atoms with E-state index in [1.165, 1.54) is 147 Å². The Morgan fingerprint density at radius 3 is 1.20 bits per heavy atom. The van der Waals surface area contributed by atoms with Crippen LogP contribution in [-0.4, -0.2) is 13.5 Å². The van der Waals surface area contributed by atoms with E-state index >= 15 is 0 Å². The Morgan fingerprint density at radius 1 is 0.426 bits per heavy atom. The average Bonchev–Trinajstić information content (AvgIpc) is 3.30. The molecular weight excluding hydrogens is 745 g/mol. The molecule has 0 saturated carbocycles. The molecule has 0 amide bonds. The number of aryl methyl sites for hydroxylation is 2. The first-order valence-electron chi connectivity index (χ1n) is 24.0. The van der Waals surface area contributed by atoms with Gasteiger partial charge in [-0.1, -0.05) is 150 Å². The molecule has 61 heavy (non-hydrogen) atoms. The predicted octanol–water partition coefficient (Wildman–Crippen LogP) is 15.6. The Morgan fingerprint density at radius 2 is 0.803 bits per heavy atom. The number of fused-ring (bicyclic) bond motifs is 2. The summed E-state index contributed by atoms with van der Waals surface area (Å²) in [5, 5.41) is 0. The van der Waals surface area contributed by atoms with Crippen LogP contribution in [0.25, 0.3) is 0 Å². The monoisotopic (exact) mass is 819 g/mol. The Kier molecular flexibility index (Phi) is 19.7. The van der Waals surface area contributed by atoms with Crippen LogP contribution in [0, 0.1) is 0 Å². The highest BCUT2D eigenvalue weighted by Crippen LogP contribution is 2.32. The number of hydrogen-bond donors (Lipinski definition) is 0. The third-order valence-corrected chi connectivity index (χ3v) is 12.1. The lowest BCUT2D eigenvalue weighted by molar-refractivity contribution is 0.289. The lowest BCUT2D eigenvalue weighted by atomic mass is 10.0. The Bertz CT molecular complexity index is 1830. The Hall–Kier alpha value is -4.96. The molecule has 2 aliphatic rings. The summed E-state index contributed by atoms with van der Waals surface area (Å²) in [7, 11) is 0. The zero-order chi connectivity index (χ0) is 42.2. The molecule has 0 saturated heterocycles. The topological polar surface area (TPSA) is 24.9 Å². The lowest BCUT2D eigenvalue weighted by Crippen LogP contribution is -2.31. The fourth-order valence-corrected chi connectivity index (χ4v) is 8.31. The summed E-state index contributed by atoms with van der Waals surface area (Å²) >= 11 is 0. The van der Waals surface area contributed by atoms with Gasteiger partial charge in [0.05, 0.1) is 0 Å². The van der Waals surface area contributed by atoms with Crippen LogP contribution < -0.4 is 19.3 Å². The van der Waals surface area contributed by atoms with Gasteiger partial charge in [0.15, 0.2) is 13.5 Å². The standard InChI is InChI=1S/C57H74N2O2/c1-3-5-7-9-11-13-15-17-19-21-23-25-27-48-29-35-52-44-58(46-60-56(52)42-48)54-37-31-50(32-38-54)41-51-33-39-55(40-34-51)59-45-53-36-30-49(43-57(53)61-47-59)28-26-24-22-20-18-16-14-12-10-8-6-4-2/h11-18,29-40,42-43H,3-10,19-28,41,44-47H2,1-2H3/b13-11+,14-12+,17-15+,18-16+. The first kappa shape index (κ1) is 45.6. The van der Waals surface area contributed by atoms with Crippen molar-refractivity contribution < 1.29 is 9.47 Å². The Labute approximate surface area is 370 Å². The third-order valence-electron chi connectivity index (χ3n) is 12.1. The molecule has 324 valence electrons. The van der Waals surface area contributed by atoms with Gasteiger partial charge in [0.1, 0.15) is 11.5 Å². The van der Waals surface area contributed by atoms with Crippen LogP contribution in [0.4, 0.5) is 11.4 Å². The third kappa shape index (κ3) is 15.8. The van der Waals surface area contributed by atoms with E-state index in [4.69, 9.17) is 9.47 Å². The van der Waals surface area contributed by atoms with Crippen LogP contribution in [0.2, 0.25) is 0 Å². The van der Waals surface area contributed by atoms with E-state index in [-0.39, 0.29) is 0 Å². The summed E-state index contributed by atoms with van der Waals surface area (Å²) in [6, 6.07) is 31.7. The van der Waals surface area contributed by atoms with Crippen molar-refractivity contribution in [2.75, 3.05) is 23.3 Å². The number of rotatable bonds is 26. The van der Waals surface area contributed by atoms with E-state index in [1.807, 2.05) is 0 Å². The van der Waals surface area contributed by atoms with Crippen LogP contribution in [-0.2, 0) is 32.4 Å². The summed E-state index contributed by atoms with van der Waals surface area (Å²) in [5.41, 5.74) is 10.3. The van der Waals surface area contributed by atoms with Crippen LogP contribution in [0.3, 0.4) is 0 Å². The maximum Gasteiger partial charge on any atom is 0.161 e. The molecular formula is C57H74N2O2. The molecule has 6 rings (SSSR count). The molecule has 0 radical (unpaired) electrons. The lowest BCUT2D eigenvalue weighted by Gasteiger charge is -2.31. The van der Waals surface area contributed by atoms with Gasteiger partial charge in [0.2, 0.25) is 0 Å². The number of unbranched alkanes of at least 4 members (excludes halogenated alkanes) is 12. The molecule has 0 N–H and O–H groups in total. The second-order valence-electron chi connectivity index (χ2n) is 17.2. The molecule has 4 aromatic carbocycles. The zero-order valence-electron chi connectivity index (χ0n) is 37.7. The first-order chi connectivity index (χ1) is 30.2. The molecule has 2 heterocycles. The van der Waals surface area contributed by atoms with Gasteiger partial charge in [0, 0.05) is 35.6 Å². The van der Waals surface area contributed by atoms with Crippen molar-refractivity contribution in [3.63, 3.8) is 0 Å². The molecule has 0 bridgehead atoms. The molecule has 4 aromatic rings. The van der Waals surface area contributed by atoms with Crippen LogP contribution in [0.15, 0.2) is 134 Å². The second kappa shape index (κ2) is 26.4. The van der Waals surface area contributed by atoms with Crippen molar-refractivity contribution in [2.24, 2.45) is 0 Å². The molecule has 4 nitrogen and oxygen atoms in total. The van der Waals surface area contributed by atoms with Gasteiger partial charge in [-0.3, -0.25) is 0 Å². The van der Waals surface area contributed by atoms with E-state index in [0.29, 0.717) is 13.5 Å². The molecule has 0 aromatic heterocycles. The van der Waals surface area contributed by atoms with Crippen molar-refractivity contribution in [1.82, 2.24) is 0 Å². The summed E-state index contributed by atoms with van der Waals surface area (Å²) in [6.07, 6.45) is 41.4. The van der Waals surface area contributed by atoms with Gasteiger partial charge >= 0.3 is 0 Å². The molecule has 0 fully saturated rings. The molecule has 4 heteroatoms. The SMILES string of the molecule is CCCCC/C=C/C=C/CCCCCc1ccc2c(c1)OCN(c1ccc(Cc3ccc(N4COc5cc(CCCCC/C=C/C=C/CCCCC)ccc5C4)cc3)cc1)C2. The number of ether oxygens (including phenoxy) is 2. The minimum absolute atomic E-state index is 0.582. The van der Waals surface area contributed by atoms with Crippen molar-refractivity contribution in [1.29, 1.82) is 0 Å². The fourth-order valence-electron chi connectivity index (χ4n) is 8.31. The number of nitrogens with zero attached hydrogens (tertiary/aromatic N) is 2. The van der Waals surface area contributed by atoms with Crippen molar-refractivity contribution >= 4 is 11.4 Å². The minimum Gasteiger partial charge on any atom is -0.473 e. The number of hydrogen-bond acceptors (Lipinski definition) is 4. The van der Waals surface area contributed by atoms with Crippen LogP contribution in [0.1, 0.15) is 150 Å². The maximum atomic E-state index is 6.29. The van der Waals surface area contributed by atoms with Gasteiger partial charge in [-0.05, 0) is 142 Å². The van der Waals surface area contributed by atoms with Crippen molar-refractivity contribution in [2.45, 2.75) is 149 Å². The van der Waals surface area contributed by atoms with Crippen molar-refractivity contribution in [3.05, 3.63) is 167 Å². The van der Waals surface area contributed by atoms with E-state index in [1.54, 1.807) is 0 Å². The number of benzene rings is 4. The normalized spacial score (nSPS) is 14.0. The van der Waals surface area contributed by atoms with Gasteiger partial charge in [-0.2, -0.15) is 0 Å². The molecule has 2 aliphatic heterocycles. The first-order valence-corrected chi connectivity index (χ1v) is 24.0. The van der Waals surface area contributed by atoms with Gasteiger partial charge in [-0.15, -0.1) is 0 Å². The highest BCUT2D eigenvalue weighted by Gasteiger charge is 2.20. The van der Waals surface area contributed by atoms with Gasteiger partial charge < -0.3 is 19.3 Å².